The second kappa shape index (κ2) is 7.16. The summed E-state index contributed by atoms with van der Waals surface area (Å²) >= 11 is 0. The molecule has 1 aliphatic heterocycles. The van der Waals surface area contributed by atoms with E-state index in [9.17, 15) is 9.18 Å². The molecule has 0 saturated carbocycles. The molecule has 2 aromatic heterocycles. The van der Waals surface area contributed by atoms with E-state index in [1.54, 1.807) is 12.3 Å². The number of piperidine rings is 1. The number of hydrogen-bond donors (Lipinski definition) is 2. The second-order valence-electron chi connectivity index (χ2n) is 7.39. The average molecular weight is 389 g/mol. The number of fused-ring (bicyclic) bond motifs is 1. The van der Waals surface area contributed by atoms with Crippen molar-refractivity contribution in [1.82, 2.24) is 25.3 Å². The largest absolute Gasteiger partial charge is 0.337 e. The van der Waals surface area contributed by atoms with Gasteiger partial charge >= 0.3 is 0 Å². The van der Waals surface area contributed by atoms with E-state index >= 15 is 0 Å². The summed E-state index contributed by atoms with van der Waals surface area (Å²) in [5.74, 6) is -0.0621. The third kappa shape index (κ3) is 3.18. The minimum atomic E-state index is -0.263. The first-order valence-corrected chi connectivity index (χ1v) is 9.72. The van der Waals surface area contributed by atoms with Crippen molar-refractivity contribution < 1.29 is 9.18 Å². The molecule has 1 aliphatic rings. The number of amides is 1. The number of para-hydroxylation sites is 1. The predicted octanol–water partition coefficient (Wildman–Crippen LogP) is 4.11. The summed E-state index contributed by atoms with van der Waals surface area (Å²) in [4.78, 5) is 14.8. The van der Waals surface area contributed by atoms with Crippen molar-refractivity contribution in [3.63, 3.8) is 0 Å². The van der Waals surface area contributed by atoms with E-state index in [-0.39, 0.29) is 17.6 Å². The third-order valence-corrected chi connectivity index (χ3v) is 5.67. The Kier molecular flexibility index (Phi) is 4.35. The highest BCUT2D eigenvalue weighted by Crippen LogP contribution is 2.34. The van der Waals surface area contributed by atoms with E-state index in [4.69, 9.17) is 0 Å². The number of nitrogens with zero attached hydrogens (tertiary/aromatic N) is 3. The molecule has 1 fully saturated rings. The number of carbonyl (C=O) groups excluding carboxylic acids is 1. The van der Waals surface area contributed by atoms with Gasteiger partial charge in [0, 0.05) is 35.7 Å². The Hall–Kier alpha value is -3.48. The van der Waals surface area contributed by atoms with E-state index in [2.05, 4.69) is 20.4 Å². The normalized spacial score (nSPS) is 15.1. The quantitative estimate of drug-likeness (QED) is 0.553. The minimum absolute atomic E-state index is 0.0455. The molecule has 29 heavy (non-hydrogen) atoms. The smallest absolute Gasteiger partial charge is 0.274 e. The maximum atomic E-state index is 13.6. The van der Waals surface area contributed by atoms with Gasteiger partial charge in [-0.05, 0) is 36.6 Å². The van der Waals surface area contributed by atoms with Gasteiger partial charge < -0.3 is 4.90 Å². The highest BCUT2D eigenvalue weighted by atomic mass is 19.1. The third-order valence-electron chi connectivity index (χ3n) is 5.67. The molecular formula is C22H20FN5O. The molecule has 7 heteroatoms. The summed E-state index contributed by atoms with van der Waals surface area (Å²) in [7, 11) is 0. The molecule has 2 aromatic carbocycles. The molecule has 2 N–H and O–H groups in total. The molecule has 1 amide bonds. The zero-order valence-corrected chi connectivity index (χ0v) is 15.7. The molecule has 4 aromatic rings. The molecule has 0 unspecified atom stereocenters. The maximum absolute atomic E-state index is 13.6. The predicted molar refractivity (Wildman–Crippen MR) is 108 cm³/mol. The number of benzene rings is 2. The zero-order valence-electron chi connectivity index (χ0n) is 15.7. The fraction of sp³-hybridized carbons (Fsp3) is 0.227. The average Bonchev–Trinajstić information content (AvgIpc) is 3.41. The number of halogens is 1. The zero-order chi connectivity index (χ0) is 19.8. The first-order valence-electron chi connectivity index (χ1n) is 9.72. The van der Waals surface area contributed by atoms with Crippen molar-refractivity contribution in [2.24, 2.45) is 0 Å². The summed E-state index contributed by atoms with van der Waals surface area (Å²) in [6.07, 6.45) is 3.38. The van der Waals surface area contributed by atoms with Crippen molar-refractivity contribution in [2.45, 2.75) is 18.8 Å². The lowest BCUT2D eigenvalue weighted by Crippen LogP contribution is -2.38. The Labute approximate surface area is 166 Å². The second-order valence-corrected chi connectivity index (χ2v) is 7.39. The van der Waals surface area contributed by atoms with Gasteiger partial charge in [-0.3, -0.25) is 15.0 Å². The molecule has 3 heterocycles. The number of likely N-dealkylation sites (tertiary alicyclic amines) is 1. The van der Waals surface area contributed by atoms with Gasteiger partial charge in [0.2, 0.25) is 0 Å². The molecule has 0 radical (unpaired) electrons. The molecule has 0 atom stereocenters. The number of carbonyl (C=O) groups is 1. The van der Waals surface area contributed by atoms with Crippen molar-refractivity contribution in [3.8, 4) is 11.1 Å². The van der Waals surface area contributed by atoms with Crippen LogP contribution in [0.5, 0.6) is 0 Å². The van der Waals surface area contributed by atoms with Crippen LogP contribution in [-0.4, -0.2) is 44.3 Å². The van der Waals surface area contributed by atoms with Crippen molar-refractivity contribution in [2.75, 3.05) is 13.1 Å². The van der Waals surface area contributed by atoms with E-state index in [1.165, 1.54) is 12.1 Å². The maximum Gasteiger partial charge on any atom is 0.274 e. The van der Waals surface area contributed by atoms with Crippen LogP contribution in [0.15, 0.2) is 54.7 Å². The van der Waals surface area contributed by atoms with Crippen LogP contribution in [-0.2, 0) is 0 Å². The molecule has 0 aliphatic carbocycles. The van der Waals surface area contributed by atoms with Crippen molar-refractivity contribution in [1.29, 1.82) is 0 Å². The molecule has 146 valence electrons. The van der Waals surface area contributed by atoms with Crippen molar-refractivity contribution >= 4 is 16.8 Å². The van der Waals surface area contributed by atoms with Crippen LogP contribution >= 0.6 is 0 Å². The number of H-pyrrole nitrogens is 2. The number of aromatic nitrogens is 4. The van der Waals surface area contributed by atoms with Gasteiger partial charge in [0.15, 0.2) is 5.69 Å². The van der Waals surface area contributed by atoms with Crippen LogP contribution in [0.4, 0.5) is 4.39 Å². The first-order chi connectivity index (χ1) is 14.2. The van der Waals surface area contributed by atoms with Gasteiger partial charge in [0.25, 0.3) is 5.91 Å². The summed E-state index contributed by atoms with van der Waals surface area (Å²) < 4.78 is 13.6. The van der Waals surface area contributed by atoms with Gasteiger partial charge in [-0.15, -0.1) is 0 Å². The van der Waals surface area contributed by atoms with E-state index in [0.717, 1.165) is 40.6 Å². The van der Waals surface area contributed by atoms with Crippen molar-refractivity contribution in [3.05, 3.63) is 71.9 Å². The lowest BCUT2D eigenvalue weighted by Gasteiger charge is -2.31. The topological polar surface area (TPSA) is 77.7 Å². The van der Waals surface area contributed by atoms with Gasteiger partial charge in [-0.2, -0.15) is 10.2 Å². The number of rotatable bonds is 3. The van der Waals surface area contributed by atoms with Crippen LogP contribution in [0.25, 0.3) is 22.0 Å². The van der Waals surface area contributed by atoms with E-state index in [0.29, 0.717) is 18.8 Å². The van der Waals surface area contributed by atoms with Gasteiger partial charge in [0.05, 0.1) is 11.7 Å². The lowest BCUT2D eigenvalue weighted by molar-refractivity contribution is 0.0708. The molecule has 5 rings (SSSR count). The monoisotopic (exact) mass is 389 g/mol. The van der Waals surface area contributed by atoms with E-state index < -0.39 is 0 Å². The van der Waals surface area contributed by atoms with Gasteiger partial charge in [-0.1, -0.05) is 30.3 Å². The van der Waals surface area contributed by atoms with Gasteiger partial charge in [-0.25, -0.2) is 4.39 Å². The number of nitrogens with one attached hydrogen (secondary N) is 2. The van der Waals surface area contributed by atoms with Gasteiger partial charge in [0.1, 0.15) is 5.82 Å². The number of aromatic amines is 2. The Balaban J connectivity index is 1.33. The SMILES string of the molecule is O=C(c1n[nH]c2ccccc12)N1CCC(c2[nH]ncc2-c2cccc(F)c2)CC1. The molecule has 0 bridgehead atoms. The summed E-state index contributed by atoms with van der Waals surface area (Å²) in [5.41, 5.74) is 4.08. The Morgan fingerprint density at radius 3 is 2.72 bits per heavy atom. The van der Waals surface area contributed by atoms with Crippen LogP contribution in [0.3, 0.4) is 0 Å². The Morgan fingerprint density at radius 2 is 1.90 bits per heavy atom. The highest BCUT2D eigenvalue weighted by Gasteiger charge is 2.29. The Morgan fingerprint density at radius 1 is 1.07 bits per heavy atom. The van der Waals surface area contributed by atoms with E-state index in [1.807, 2.05) is 35.2 Å². The fourth-order valence-electron chi connectivity index (χ4n) is 4.14. The summed E-state index contributed by atoms with van der Waals surface area (Å²) in [6.45, 7) is 1.29. The lowest BCUT2D eigenvalue weighted by atomic mass is 9.89. The molecular weight excluding hydrogens is 369 g/mol. The molecule has 0 spiro atoms. The van der Waals surface area contributed by atoms with Crippen LogP contribution in [0.2, 0.25) is 0 Å². The van der Waals surface area contributed by atoms with Crippen LogP contribution in [0, 0.1) is 5.82 Å². The Bertz CT molecular complexity index is 1170. The summed E-state index contributed by atoms with van der Waals surface area (Å²) in [6, 6.07) is 14.2. The van der Waals surface area contributed by atoms with Crippen LogP contribution in [0.1, 0.15) is 34.9 Å². The van der Waals surface area contributed by atoms with Crippen LogP contribution < -0.4 is 0 Å². The standard InChI is InChI=1S/C22H20FN5O/c23-16-5-3-4-15(12-16)18-13-24-26-20(18)14-8-10-28(11-9-14)22(29)21-17-6-1-2-7-19(17)25-27-21/h1-7,12-14H,8-11H2,(H,24,26)(H,25,27). The molecule has 1 saturated heterocycles. The first kappa shape index (κ1) is 17.6. The number of hydrogen-bond acceptors (Lipinski definition) is 3. The fourth-order valence-corrected chi connectivity index (χ4v) is 4.14. The highest BCUT2D eigenvalue weighted by molar-refractivity contribution is 6.04. The minimum Gasteiger partial charge on any atom is -0.337 e. The molecule has 6 nitrogen and oxygen atoms in total. The summed E-state index contributed by atoms with van der Waals surface area (Å²) in [5, 5.41) is 15.3.